The summed E-state index contributed by atoms with van der Waals surface area (Å²) in [5, 5.41) is 13.7. The highest BCUT2D eigenvalue weighted by Gasteiger charge is 2.16. The Labute approximate surface area is 209 Å². The number of ether oxygens (including phenoxy) is 3. The van der Waals surface area contributed by atoms with E-state index < -0.39 is 17.7 Å². The van der Waals surface area contributed by atoms with Crippen molar-refractivity contribution in [2.45, 2.75) is 20.1 Å². The molecule has 0 aliphatic rings. The van der Waals surface area contributed by atoms with Gasteiger partial charge in [-0.2, -0.15) is 0 Å². The molecule has 0 saturated carbocycles. The number of nitrogens with two attached hydrogens (primary N) is 1. The van der Waals surface area contributed by atoms with Crippen LogP contribution in [-0.4, -0.2) is 29.3 Å². The number of aromatic nitrogens is 1. The standard InChI is InChI=1S/C25H23F2N3O5S/c1-14-6-17(33-11-15-2-3-19(26)20(27)8-15)9-18(7-14)34-12-16-13-36-23-21(10-30-24(28)22(16)23)35-25(32)29-4-5-31/h2-3,6-10,13,31H,4-5,11-12H2,1H3,(H2,28,30)(H,29,32). The number of carbonyl (C=O) groups excluding carboxylic acids is 1. The summed E-state index contributed by atoms with van der Waals surface area (Å²) in [7, 11) is 0. The van der Waals surface area contributed by atoms with Crippen LogP contribution in [0.1, 0.15) is 16.7 Å². The predicted octanol–water partition coefficient (Wildman–Crippen LogP) is 4.70. The van der Waals surface area contributed by atoms with Crippen LogP contribution in [0.15, 0.2) is 48.0 Å². The van der Waals surface area contributed by atoms with Crippen molar-refractivity contribution in [1.29, 1.82) is 0 Å². The molecule has 0 bridgehead atoms. The van der Waals surface area contributed by atoms with Crippen molar-refractivity contribution in [3.63, 3.8) is 0 Å². The van der Waals surface area contributed by atoms with E-state index in [2.05, 4.69) is 10.3 Å². The quantitative estimate of drug-likeness (QED) is 0.296. The number of carbonyl (C=O) groups is 1. The smallest absolute Gasteiger partial charge is 0.412 e. The van der Waals surface area contributed by atoms with Crippen molar-refractivity contribution in [2.24, 2.45) is 0 Å². The number of nitrogens with zero attached hydrogens (tertiary/aromatic N) is 1. The van der Waals surface area contributed by atoms with Gasteiger partial charge in [-0.3, -0.25) is 0 Å². The van der Waals surface area contributed by atoms with E-state index in [1.54, 1.807) is 12.1 Å². The molecule has 4 aromatic rings. The first-order valence-corrected chi connectivity index (χ1v) is 11.7. The number of pyridine rings is 1. The van der Waals surface area contributed by atoms with Crippen molar-refractivity contribution in [3.05, 3.63) is 76.3 Å². The summed E-state index contributed by atoms with van der Waals surface area (Å²) < 4.78 is 44.3. The van der Waals surface area contributed by atoms with Crippen LogP contribution in [0, 0.1) is 18.6 Å². The molecule has 0 aliphatic heterocycles. The minimum Gasteiger partial charge on any atom is -0.489 e. The topological polar surface area (TPSA) is 116 Å². The lowest BCUT2D eigenvalue weighted by Crippen LogP contribution is -2.29. The number of amides is 1. The summed E-state index contributed by atoms with van der Waals surface area (Å²) in [6, 6.07) is 8.95. The second kappa shape index (κ2) is 11.2. The minimum atomic E-state index is -0.930. The molecule has 2 heterocycles. The number of anilines is 1. The fourth-order valence-corrected chi connectivity index (χ4v) is 4.43. The first kappa shape index (κ1) is 25.1. The number of hydrogen-bond acceptors (Lipinski definition) is 8. The zero-order chi connectivity index (χ0) is 25.7. The van der Waals surface area contributed by atoms with Gasteiger partial charge in [0.15, 0.2) is 17.4 Å². The molecule has 0 fully saturated rings. The SMILES string of the molecule is Cc1cc(OCc2ccc(F)c(F)c2)cc(OCc2csc3c(OC(=O)NCCO)cnc(N)c23)c1. The van der Waals surface area contributed by atoms with Crippen LogP contribution in [-0.2, 0) is 13.2 Å². The summed E-state index contributed by atoms with van der Waals surface area (Å²) in [5.74, 6) is -0.277. The summed E-state index contributed by atoms with van der Waals surface area (Å²) in [5.41, 5.74) is 8.23. The van der Waals surface area contributed by atoms with Gasteiger partial charge in [0, 0.05) is 23.6 Å². The maximum Gasteiger partial charge on any atom is 0.412 e. The molecule has 0 radical (unpaired) electrons. The number of fused-ring (bicyclic) bond motifs is 1. The predicted molar refractivity (Wildman–Crippen MR) is 131 cm³/mol. The number of benzene rings is 2. The van der Waals surface area contributed by atoms with Crippen LogP contribution >= 0.6 is 11.3 Å². The molecule has 1 amide bonds. The lowest BCUT2D eigenvalue weighted by Gasteiger charge is -2.12. The number of aliphatic hydroxyl groups is 1. The molecule has 8 nitrogen and oxygen atoms in total. The van der Waals surface area contributed by atoms with E-state index in [4.69, 9.17) is 25.1 Å². The molecule has 0 unspecified atom stereocenters. The Hall–Kier alpha value is -3.96. The molecule has 4 rings (SSSR count). The van der Waals surface area contributed by atoms with Gasteiger partial charge in [-0.05, 0) is 47.7 Å². The van der Waals surface area contributed by atoms with E-state index in [1.165, 1.54) is 23.6 Å². The number of nitrogen functional groups attached to an aromatic ring is 1. The van der Waals surface area contributed by atoms with Crippen molar-refractivity contribution in [1.82, 2.24) is 10.3 Å². The molecule has 188 valence electrons. The Morgan fingerprint density at radius 1 is 1.11 bits per heavy atom. The van der Waals surface area contributed by atoms with Gasteiger partial charge in [-0.25, -0.2) is 18.6 Å². The molecule has 2 aromatic heterocycles. The second-order valence-electron chi connectivity index (χ2n) is 7.82. The summed E-state index contributed by atoms with van der Waals surface area (Å²) >= 11 is 1.33. The van der Waals surface area contributed by atoms with Gasteiger partial charge in [0.2, 0.25) is 0 Å². The van der Waals surface area contributed by atoms with Gasteiger partial charge in [0.05, 0.1) is 17.5 Å². The molecule has 0 saturated heterocycles. The fourth-order valence-electron chi connectivity index (χ4n) is 3.42. The van der Waals surface area contributed by atoms with Gasteiger partial charge in [-0.1, -0.05) is 6.07 Å². The number of nitrogens with one attached hydrogen (secondary N) is 1. The van der Waals surface area contributed by atoms with Gasteiger partial charge in [0.1, 0.15) is 30.5 Å². The number of thiophene rings is 1. The number of aryl methyl sites for hydroxylation is 1. The highest BCUT2D eigenvalue weighted by atomic mass is 32.1. The summed E-state index contributed by atoms with van der Waals surface area (Å²) in [6.45, 7) is 1.97. The van der Waals surface area contributed by atoms with Crippen molar-refractivity contribution in [2.75, 3.05) is 18.9 Å². The van der Waals surface area contributed by atoms with Crippen LogP contribution in [0.4, 0.5) is 19.4 Å². The van der Waals surface area contributed by atoms with Gasteiger partial charge in [-0.15, -0.1) is 11.3 Å². The fraction of sp³-hybridized carbons (Fsp3) is 0.200. The van der Waals surface area contributed by atoms with E-state index in [0.29, 0.717) is 27.1 Å². The van der Waals surface area contributed by atoms with Gasteiger partial charge >= 0.3 is 6.09 Å². The van der Waals surface area contributed by atoms with Crippen molar-refractivity contribution < 1.29 is 32.9 Å². The molecule has 2 aromatic carbocycles. The number of rotatable bonds is 9. The largest absolute Gasteiger partial charge is 0.489 e. The Bertz CT molecular complexity index is 1400. The van der Waals surface area contributed by atoms with Crippen molar-refractivity contribution in [3.8, 4) is 17.2 Å². The zero-order valence-corrected chi connectivity index (χ0v) is 20.0. The Balaban J connectivity index is 1.47. The van der Waals surface area contributed by atoms with E-state index >= 15 is 0 Å². The van der Waals surface area contributed by atoms with E-state index in [1.807, 2.05) is 18.4 Å². The Morgan fingerprint density at radius 3 is 2.58 bits per heavy atom. The van der Waals surface area contributed by atoms with Crippen LogP contribution in [0.5, 0.6) is 17.2 Å². The molecule has 0 spiro atoms. The third-order valence-corrected chi connectivity index (χ3v) is 6.10. The Morgan fingerprint density at radius 2 is 1.86 bits per heavy atom. The number of halogens is 2. The monoisotopic (exact) mass is 515 g/mol. The molecular weight excluding hydrogens is 492 g/mol. The third kappa shape index (κ3) is 5.99. The zero-order valence-electron chi connectivity index (χ0n) is 19.2. The van der Waals surface area contributed by atoms with Crippen LogP contribution in [0.25, 0.3) is 10.1 Å². The third-order valence-electron chi connectivity index (χ3n) is 5.06. The van der Waals surface area contributed by atoms with E-state index in [-0.39, 0.29) is 37.9 Å². The van der Waals surface area contributed by atoms with Crippen LogP contribution < -0.4 is 25.3 Å². The van der Waals surface area contributed by atoms with E-state index in [0.717, 1.165) is 23.3 Å². The summed E-state index contributed by atoms with van der Waals surface area (Å²) in [4.78, 5) is 16.0. The molecule has 0 aliphatic carbocycles. The highest BCUT2D eigenvalue weighted by molar-refractivity contribution is 7.17. The molecular formula is C25H23F2N3O5S. The van der Waals surface area contributed by atoms with Crippen LogP contribution in [0.2, 0.25) is 0 Å². The maximum atomic E-state index is 13.4. The van der Waals surface area contributed by atoms with Crippen molar-refractivity contribution >= 4 is 33.3 Å². The first-order valence-electron chi connectivity index (χ1n) is 10.9. The maximum absolute atomic E-state index is 13.4. The highest BCUT2D eigenvalue weighted by Crippen LogP contribution is 2.37. The van der Waals surface area contributed by atoms with Crippen LogP contribution in [0.3, 0.4) is 0 Å². The molecule has 0 atom stereocenters. The van der Waals surface area contributed by atoms with Gasteiger partial charge < -0.3 is 30.4 Å². The Kier molecular flexibility index (Phi) is 7.81. The lowest BCUT2D eigenvalue weighted by molar-refractivity contribution is 0.196. The average Bonchev–Trinajstić information content (AvgIpc) is 3.29. The normalized spacial score (nSPS) is 10.9. The number of hydrogen-bond donors (Lipinski definition) is 3. The first-order chi connectivity index (χ1) is 17.3. The second-order valence-corrected chi connectivity index (χ2v) is 8.70. The average molecular weight is 516 g/mol. The number of aliphatic hydroxyl groups excluding tert-OH is 1. The molecule has 4 N–H and O–H groups in total. The molecule has 36 heavy (non-hydrogen) atoms. The lowest BCUT2D eigenvalue weighted by atomic mass is 10.2. The van der Waals surface area contributed by atoms with E-state index in [9.17, 15) is 13.6 Å². The molecule has 11 heteroatoms. The summed E-state index contributed by atoms with van der Waals surface area (Å²) in [6.07, 6.45) is 0.660. The minimum absolute atomic E-state index is 0.0616. The van der Waals surface area contributed by atoms with Gasteiger partial charge in [0.25, 0.3) is 0 Å².